The summed E-state index contributed by atoms with van der Waals surface area (Å²) in [7, 11) is 0. The van der Waals surface area contributed by atoms with Crippen molar-refractivity contribution in [1.29, 1.82) is 0 Å². The number of nitrogens with zero attached hydrogens (tertiary/aromatic N) is 2. The first kappa shape index (κ1) is 14.8. The Morgan fingerprint density at radius 3 is 2.50 bits per heavy atom. The van der Waals surface area contributed by atoms with Crippen molar-refractivity contribution in [3.8, 4) is 5.75 Å². The zero-order valence-electron chi connectivity index (χ0n) is 13.7. The largest absolute Gasteiger partial charge is 0.466 e. The summed E-state index contributed by atoms with van der Waals surface area (Å²) in [5.74, 6) is 0.912. The summed E-state index contributed by atoms with van der Waals surface area (Å²) in [6, 6.07) is 10.3. The number of ether oxygens (including phenoxy) is 1. The van der Waals surface area contributed by atoms with E-state index in [0.29, 0.717) is 0 Å². The third-order valence-corrected chi connectivity index (χ3v) is 4.48. The summed E-state index contributed by atoms with van der Waals surface area (Å²) in [4.78, 5) is 9.49. The van der Waals surface area contributed by atoms with Crippen LogP contribution < -0.4 is 4.74 Å². The lowest BCUT2D eigenvalue weighted by atomic mass is 9.97. The molecule has 0 amide bonds. The molecule has 0 saturated heterocycles. The molecule has 0 atom stereocenters. The van der Waals surface area contributed by atoms with Crippen LogP contribution in [0.25, 0.3) is 0 Å². The molecule has 1 aromatic heterocycles. The van der Waals surface area contributed by atoms with Crippen LogP contribution in [0.15, 0.2) is 41.5 Å². The molecule has 0 radical (unpaired) electrons. The molecule has 0 spiro atoms. The maximum atomic E-state index is 6.22. The second kappa shape index (κ2) is 5.56. The van der Waals surface area contributed by atoms with Gasteiger partial charge in [-0.05, 0) is 37.6 Å². The topological polar surface area (TPSA) is 34.5 Å². The van der Waals surface area contributed by atoms with Gasteiger partial charge in [-0.25, -0.2) is 4.99 Å². The van der Waals surface area contributed by atoms with Gasteiger partial charge in [0.2, 0.25) is 0 Å². The Hall–Kier alpha value is -2.16. The Labute approximate surface area is 132 Å². The highest BCUT2D eigenvalue weighted by Crippen LogP contribution is 2.36. The maximum Gasteiger partial charge on any atom is 0.200 e. The van der Waals surface area contributed by atoms with Gasteiger partial charge in [-0.2, -0.15) is 0 Å². The van der Waals surface area contributed by atoms with Crippen LogP contribution in [-0.4, -0.2) is 16.4 Å². The molecule has 22 heavy (non-hydrogen) atoms. The van der Waals surface area contributed by atoms with Crippen molar-refractivity contribution in [3.63, 3.8) is 0 Å². The molecule has 0 aliphatic carbocycles. The summed E-state index contributed by atoms with van der Waals surface area (Å²) in [5, 5.41) is 0. The Morgan fingerprint density at radius 1 is 1.09 bits per heavy atom. The minimum atomic E-state index is -0.470. The van der Waals surface area contributed by atoms with Crippen molar-refractivity contribution in [2.75, 3.05) is 0 Å². The second-order valence-electron chi connectivity index (χ2n) is 5.84. The van der Waals surface area contributed by atoms with Gasteiger partial charge >= 0.3 is 0 Å². The number of fused-ring (bicyclic) bond motifs is 1. The van der Waals surface area contributed by atoms with Gasteiger partial charge in [0.15, 0.2) is 5.72 Å². The van der Waals surface area contributed by atoms with Crippen LogP contribution in [0, 0.1) is 13.8 Å². The van der Waals surface area contributed by atoms with Crippen LogP contribution in [-0.2, 0) is 0 Å². The van der Waals surface area contributed by atoms with Crippen molar-refractivity contribution in [2.24, 2.45) is 4.99 Å². The van der Waals surface area contributed by atoms with Crippen molar-refractivity contribution in [3.05, 3.63) is 58.9 Å². The fraction of sp³-hybridized carbons (Fsp3) is 0.368. The van der Waals surface area contributed by atoms with Gasteiger partial charge in [0.25, 0.3) is 0 Å². The normalized spacial score (nSPS) is 15.7. The third kappa shape index (κ3) is 2.41. The second-order valence-corrected chi connectivity index (χ2v) is 5.84. The smallest absolute Gasteiger partial charge is 0.200 e. The van der Waals surface area contributed by atoms with Crippen LogP contribution in [0.4, 0.5) is 0 Å². The summed E-state index contributed by atoms with van der Waals surface area (Å²) in [5.41, 5.74) is 4.86. The van der Waals surface area contributed by atoms with E-state index in [1.165, 1.54) is 5.56 Å². The van der Waals surface area contributed by atoms with Crippen LogP contribution in [0.2, 0.25) is 0 Å². The molecule has 0 bridgehead atoms. The zero-order valence-corrected chi connectivity index (χ0v) is 13.7. The van der Waals surface area contributed by atoms with Gasteiger partial charge in [-0.3, -0.25) is 4.98 Å². The monoisotopic (exact) mass is 294 g/mol. The molecule has 1 aromatic carbocycles. The zero-order chi connectivity index (χ0) is 15.7. The van der Waals surface area contributed by atoms with E-state index < -0.39 is 5.72 Å². The van der Waals surface area contributed by atoms with Gasteiger partial charge in [0.1, 0.15) is 5.75 Å². The molecule has 1 aliphatic heterocycles. The van der Waals surface area contributed by atoms with E-state index in [1.54, 1.807) is 0 Å². The van der Waals surface area contributed by atoms with Gasteiger partial charge in [0.05, 0.1) is 5.71 Å². The van der Waals surface area contributed by atoms with E-state index in [2.05, 4.69) is 37.9 Å². The number of rotatable bonds is 3. The number of aryl methyl sites for hydroxylation is 2. The molecule has 0 fully saturated rings. The molecular formula is C19H22N2O. The number of para-hydroxylation sites is 1. The average Bonchev–Trinajstić information content (AvgIpc) is 2.56. The Kier molecular flexibility index (Phi) is 3.73. The molecule has 114 valence electrons. The SMILES string of the molecule is CCC1(CC)N=C(c2cnc(C)c(C)c2)c2ccccc2O1. The van der Waals surface area contributed by atoms with Crippen LogP contribution >= 0.6 is 0 Å². The van der Waals surface area contributed by atoms with Gasteiger partial charge < -0.3 is 4.74 Å². The van der Waals surface area contributed by atoms with Crippen LogP contribution in [0.3, 0.4) is 0 Å². The molecule has 0 saturated carbocycles. The molecule has 0 N–H and O–H groups in total. The quantitative estimate of drug-likeness (QED) is 0.838. The minimum Gasteiger partial charge on any atom is -0.466 e. The predicted molar refractivity (Wildman–Crippen MR) is 89.7 cm³/mol. The number of aliphatic imine (C=N–C) groups is 1. The standard InChI is InChI=1S/C19H22N2O/c1-5-19(6-2)21-18(15-11-13(3)14(4)20-12-15)16-9-7-8-10-17(16)22-19/h7-12H,5-6H2,1-4H3. The molecule has 0 unspecified atom stereocenters. The van der Waals surface area contributed by atoms with E-state index in [-0.39, 0.29) is 0 Å². The number of aromatic nitrogens is 1. The fourth-order valence-corrected chi connectivity index (χ4v) is 2.79. The fourth-order valence-electron chi connectivity index (χ4n) is 2.79. The molecule has 3 heteroatoms. The van der Waals surface area contributed by atoms with Crippen molar-refractivity contribution >= 4 is 5.71 Å². The lowest BCUT2D eigenvalue weighted by Crippen LogP contribution is -2.37. The molecule has 2 heterocycles. The van der Waals surface area contributed by atoms with Gasteiger partial charge in [0, 0.05) is 35.9 Å². The average molecular weight is 294 g/mol. The van der Waals surface area contributed by atoms with E-state index in [9.17, 15) is 0 Å². The highest BCUT2D eigenvalue weighted by molar-refractivity contribution is 6.15. The molecule has 2 aromatic rings. The first-order valence-electron chi connectivity index (χ1n) is 7.90. The Morgan fingerprint density at radius 2 is 1.82 bits per heavy atom. The Balaban J connectivity index is 2.20. The highest BCUT2D eigenvalue weighted by Gasteiger charge is 2.34. The van der Waals surface area contributed by atoms with E-state index in [0.717, 1.165) is 41.1 Å². The summed E-state index contributed by atoms with van der Waals surface area (Å²) >= 11 is 0. The maximum absolute atomic E-state index is 6.22. The lowest BCUT2D eigenvalue weighted by Gasteiger charge is -2.34. The van der Waals surface area contributed by atoms with Gasteiger partial charge in [-0.1, -0.05) is 26.0 Å². The first-order valence-corrected chi connectivity index (χ1v) is 7.90. The highest BCUT2D eigenvalue weighted by atomic mass is 16.5. The van der Waals surface area contributed by atoms with Crippen molar-refractivity contribution in [2.45, 2.75) is 46.3 Å². The van der Waals surface area contributed by atoms with Crippen LogP contribution in [0.5, 0.6) is 5.75 Å². The van der Waals surface area contributed by atoms with E-state index in [4.69, 9.17) is 9.73 Å². The molecule has 3 nitrogen and oxygen atoms in total. The van der Waals surface area contributed by atoms with Crippen molar-refractivity contribution in [1.82, 2.24) is 4.98 Å². The summed E-state index contributed by atoms with van der Waals surface area (Å²) in [6.45, 7) is 8.36. The number of hydrogen-bond acceptors (Lipinski definition) is 3. The number of hydrogen-bond donors (Lipinski definition) is 0. The van der Waals surface area contributed by atoms with Crippen LogP contribution in [0.1, 0.15) is 49.1 Å². The molecule has 3 rings (SSSR count). The third-order valence-electron chi connectivity index (χ3n) is 4.48. The van der Waals surface area contributed by atoms with E-state index >= 15 is 0 Å². The number of pyridine rings is 1. The summed E-state index contributed by atoms with van der Waals surface area (Å²) in [6.07, 6.45) is 3.61. The first-order chi connectivity index (χ1) is 10.6. The number of benzene rings is 1. The minimum absolute atomic E-state index is 0.470. The lowest BCUT2D eigenvalue weighted by molar-refractivity contribution is 0.0659. The van der Waals surface area contributed by atoms with E-state index in [1.807, 2.05) is 31.3 Å². The molecular weight excluding hydrogens is 272 g/mol. The molecule has 1 aliphatic rings. The van der Waals surface area contributed by atoms with Crippen molar-refractivity contribution < 1.29 is 4.74 Å². The van der Waals surface area contributed by atoms with Gasteiger partial charge in [-0.15, -0.1) is 0 Å². The predicted octanol–water partition coefficient (Wildman–Crippen LogP) is 4.44. The summed E-state index contributed by atoms with van der Waals surface area (Å²) < 4.78 is 6.22. The Bertz CT molecular complexity index is 730.